The molecule has 1 aromatic rings. The van der Waals surface area contributed by atoms with Gasteiger partial charge in [-0.2, -0.15) is 0 Å². The lowest BCUT2D eigenvalue weighted by Crippen LogP contribution is -2.42. The van der Waals surface area contributed by atoms with Crippen LogP contribution in [0.3, 0.4) is 0 Å². The van der Waals surface area contributed by atoms with Crippen molar-refractivity contribution in [2.24, 2.45) is 0 Å². The molecular formula is C16H26N2O3. The number of phenols is 1. The molecular weight excluding hydrogens is 268 g/mol. The Hall–Kier alpha value is -1.75. The Morgan fingerprint density at radius 2 is 2.05 bits per heavy atom. The maximum absolute atomic E-state index is 11.6. The highest BCUT2D eigenvalue weighted by atomic mass is 16.6. The third kappa shape index (κ3) is 6.99. The van der Waals surface area contributed by atoms with Crippen LogP contribution in [0, 0.1) is 6.92 Å². The predicted octanol–water partition coefficient (Wildman–Crippen LogP) is 2.70. The lowest BCUT2D eigenvalue weighted by molar-refractivity contribution is 0.0508. The largest absolute Gasteiger partial charge is 0.508 e. The van der Waals surface area contributed by atoms with Crippen molar-refractivity contribution in [3.8, 4) is 5.75 Å². The SMILES string of the molecule is Cc1ccc(O)c(CNCC(C)NC(=O)OC(C)(C)C)c1. The fourth-order valence-electron chi connectivity index (χ4n) is 1.84. The zero-order valence-electron chi connectivity index (χ0n) is 13.5. The molecule has 0 aliphatic heterocycles. The Morgan fingerprint density at radius 3 is 2.67 bits per heavy atom. The van der Waals surface area contributed by atoms with Gasteiger partial charge >= 0.3 is 6.09 Å². The highest BCUT2D eigenvalue weighted by molar-refractivity contribution is 5.68. The summed E-state index contributed by atoms with van der Waals surface area (Å²) < 4.78 is 5.19. The molecule has 0 spiro atoms. The summed E-state index contributed by atoms with van der Waals surface area (Å²) in [6.07, 6.45) is -0.421. The van der Waals surface area contributed by atoms with Crippen molar-refractivity contribution < 1.29 is 14.6 Å². The van der Waals surface area contributed by atoms with Crippen molar-refractivity contribution in [3.05, 3.63) is 29.3 Å². The first kappa shape index (κ1) is 17.3. The van der Waals surface area contributed by atoms with Crippen LogP contribution in [0.5, 0.6) is 5.75 Å². The van der Waals surface area contributed by atoms with E-state index < -0.39 is 11.7 Å². The zero-order valence-corrected chi connectivity index (χ0v) is 13.5. The van der Waals surface area contributed by atoms with Gasteiger partial charge in [0.2, 0.25) is 0 Å². The van der Waals surface area contributed by atoms with Gasteiger partial charge in [-0.05, 0) is 40.7 Å². The van der Waals surface area contributed by atoms with Crippen molar-refractivity contribution in [1.29, 1.82) is 0 Å². The molecule has 118 valence electrons. The van der Waals surface area contributed by atoms with Crippen LogP contribution in [0.1, 0.15) is 38.8 Å². The van der Waals surface area contributed by atoms with E-state index in [-0.39, 0.29) is 11.8 Å². The van der Waals surface area contributed by atoms with E-state index >= 15 is 0 Å². The third-order valence-electron chi connectivity index (χ3n) is 2.76. The number of carbonyl (C=O) groups is 1. The van der Waals surface area contributed by atoms with Gasteiger partial charge < -0.3 is 20.5 Å². The fraction of sp³-hybridized carbons (Fsp3) is 0.562. The van der Waals surface area contributed by atoms with Crippen LogP contribution >= 0.6 is 0 Å². The molecule has 0 aliphatic carbocycles. The molecule has 0 aromatic heterocycles. The minimum absolute atomic E-state index is 0.0631. The first-order chi connectivity index (χ1) is 9.67. The van der Waals surface area contributed by atoms with Crippen molar-refractivity contribution >= 4 is 6.09 Å². The molecule has 1 atom stereocenters. The summed E-state index contributed by atoms with van der Waals surface area (Å²) in [7, 11) is 0. The van der Waals surface area contributed by atoms with E-state index in [0.717, 1.165) is 11.1 Å². The molecule has 0 aliphatic rings. The summed E-state index contributed by atoms with van der Waals surface area (Å²) >= 11 is 0. The number of benzene rings is 1. The quantitative estimate of drug-likeness (QED) is 0.781. The fourth-order valence-corrected chi connectivity index (χ4v) is 1.84. The smallest absolute Gasteiger partial charge is 0.407 e. The van der Waals surface area contributed by atoms with Gasteiger partial charge in [-0.15, -0.1) is 0 Å². The number of amides is 1. The molecule has 0 fully saturated rings. The maximum Gasteiger partial charge on any atom is 0.407 e. The lowest BCUT2D eigenvalue weighted by Gasteiger charge is -2.22. The van der Waals surface area contributed by atoms with Crippen LogP contribution in [0.25, 0.3) is 0 Å². The van der Waals surface area contributed by atoms with E-state index in [0.29, 0.717) is 13.1 Å². The van der Waals surface area contributed by atoms with Crippen LogP contribution in [-0.2, 0) is 11.3 Å². The van der Waals surface area contributed by atoms with E-state index in [1.165, 1.54) is 0 Å². The summed E-state index contributed by atoms with van der Waals surface area (Å²) in [6.45, 7) is 10.5. The molecule has 3 N–H and O–H groups in total. The van der Waals surface area contributed by atoms with Crippen molar-refractivity contribution in [2.45, 2.75) is 52.8 Å². The Morgan fingerprint density at radius 1 is 1.38 bits per heavy atom. The summed E-state index contributed by atoms with van der Waals surface area (Å²) in [5, 5.41) is 15.7. The van der Waals surface area contributed by atoms with Crippen LogP contribution in [0.2, 0.25) is 0 Å². The monoisotopic (exact) mass is 294 g/mol. The average molecular weight is 294 g/mol. The number of nitrogens with one attached hydrogen (secondary N) is 2. The molecule has 1 aromatic carbocycles. The molecule has 1 rings (SSSR count). The third-order valence-corrected chi connectivity index (χ3v) is 2.76. The summed E-state index contributed by atoms with van der Waals surface area (Å²) in [4.78, 5) is 11.6. The molecule has 0 saturated heterocycles. The minimum atomic E-state index is -0.495. The maximum atomic E-state index is 11.6. The molecule has 1 amide bonds. The summed E-state index contributed by atoms with van der Waals surface area (Å²) in [5.74, 6) is 0.279. The van der Waals surface area contributed by atoms with Gasteiger partial charge in [0.1, 0.15) is 11.4 Å². The van der Waals surface area contributed by atoms with Crippen LogP contribution in [0.4, 0.5) is 4.79 Å². The molecule has 0 heterocycles. The van der Waals surface area contributed by atoms with Crippen LogP contribution in [-0.4, -0.2) is 29.4 Å². The lowest BCUT2D eigenvalue weighted by atomic mass is 10.1. The Balaban J connectivity index is 2.35. The molecule has 0 radical (unpaired) electrons. The van der Waals surface area contributed by atoms with Crippen molar-refractivity contribution in [2.75, 3.05) is 6.54 Å². The first-order valence-electron chi connectivity index (χ1n) is 7.16. The second-order valence-corrected chi connectivity index (χ2v) is 6.31. The van der Waals surface area contributed by atoms with Gasteiger partial charge in [0.05, 0.1) is 0 Å². The summed E-state index contributed by atoms with van der Waals surface area (Å²) in [5.41, 5.74) is 1.45. The zero-order chi connectivity index (χ0) is 16.0. The highest BCUT2D eigenvalue weighted by Gasteiger charge is 2.17. The van der Waals surface area contributed by atoms with Gasteiger partial charge in [-0.3, -0.25) is 0 Å². The molecule has 5 nitrogen and oxygen atoms in total. The van der Waals surface area contributed by atoms with Crippen LogP contribution in [0.15, 0.2) is 18.2 Å². The number of aryl methyl sites for hydroxylation is 1. The number of alkyl carbamates (subject to hydrolysis) is 1. The van der Waals surface area contributed by atoms with Gasteiger partial charge in [0.15, 0.2) is 0 Å². The molecule has 5 heteroatoms. The predicted molar refractivity (Wildman–Crippen MR) is 83.4 cm³/mol. The molecule has 21 heavy (non-hydrogen) atoms. The van der Waals surface area contributed by atoms with E-state index in [9.17, 15) is 9.90 Å². The van der Waals surface area contributed by atoms with Gasteiger partial charge in [0, 0.05) is 24.7 Å². The molecule has 0 saturated carbocycles. The van der Waals surface area contributed by atoms with Crippen LogP contribution < -0.4 is 10.6 Å². The number of phenolic OH excluding ortho intramolecular Hbond substituents is 1. The average Bonchev–Trinajstić information content (AvgIpc) is 2.31. The van der Waals surface area contributed by atoms with Gasteiger partial charge in [0.25, 0.3) is 0 Å². The number of rotatable bonds is 5. The van der Waals surface area contributed by atoms with E-state index in [1.54, 1.807) is 6.07 Å². The standard InChI is InChI=1S/C16H26N2O3/c1-11-6-7-14(19)13(8-11)10-17-9-12(2)18-15(20)21-16(3,4)5/h6-8,12,17,19H,9-10H2,1-5H3,(H,18,20). The normalized spacial score (nSPS) is 12.8. The Labute approximate surface area is 126 Å². The van der Waals surface area contributed by atoms with E-state index in [4.69, 9.17) is 4.74 Å². The number of hydrogen-bond acceptors (Lipinski definition) is 4. The highest BCUT2D eigenvalue weighted by Crippen LogP contribution is 2.17. The number of hydrogen-bond donors (Lipinski definition) is 3. The number of carbonyl (C=O) groups excluding carboxylic acids is 1. The number of ether oxygens (including phenoxy) is 1. The van der Waals surface area contributed by atoms with Crippen molar-refractivity contribution in [1.82, 2.24) is 10.6 Å². The van der Waals surface area contributed by atoms with E-state index in [1.807, 2.05) is 46.8 Å². The van der Waals surface area contributed by atoms with Crippen molar-refractivity contribution in [3.63, 3.8) is 0 Å². The number of aromatic hydroxyl groups is 1. The Kier molecular flexibility index (Phi) is 6.03. The minimum Gasteiger partial charge on any atom is -0.508 e. The second-order valence-electron chi connectivity index (χ2n) is 6.31. The first-order valence-corrected chi connectivity index (χ1v) is 7.16. The molecule has 0 bridgehead atoms. The summed E-state index contributed by atoms with van der Waals surface area (Å²) in [6, 6.07) is 5.43. The van der Waals surface area contributed by atoms with E-state index in [2.05, 4.69) is 10.6 Å². The second kappa shape index (κ2) is 7.31. The topological polar surface area (TPSA) is 70.6 Å². The Bertz CT molecular complexity index is 481. The van der Waals surface area contributed by atoms with Gasteiger partial charge in [-0.25, -0.2) is 4.79 Å². The van der Waals surface area contributed by atoms with Gasteiger partial charge in [-0.1, -0.05) is 17.7 Å². The molecule has 1 unspecified atom stereocenters.